The van der Waals surface area contributed by atoms with Gasteiger partial charge in [0.05, 0.1) is 0 Å². The molecule has 0 saturated heterocycles. The third kappa shape index (κ3) is 1.72. The molecule has 0 aliphatic carbocycles. The summed E-state index contributed by atoms with van der Waals surface area (Å²) >= 11 is 5.39. The SMILES string of the molecule is Cc1c(F)cc(Cl)cc1C(F)F. The standard InChI is InChI=1S/C8H6ClF3/c1-4-6(8(11)12)2-5(9)3-7(4)10/h2-3,8H,1H3. The van der Waals surface area contributed by atoms with Crippen molar-refractivity contribution in [3.63, 3.8) is 0 Å². The fourth-order valence-electron chi connectivity index (χ4n) is 0.892. The van der Waals surface area contributed by atoms with E-state index in [1.807, 2.05) is 0 Å². The van der Waals surface area contributed by atoms with Crippen molar-refractivity contribution in [1.82, 2.24) is 0 Å². The van der Waals surface area contributed by atoms with Crippen LogP contribution in [-0.2, 0) is 0 Å². The van der Waals surface area contributed by atoms with Crippen molar-refractivity contribution in [3.8, 4) is 0 Å². The molecule has 4 heteroatoms. The van der Waals surface area contributed by atoms with Crippen LogP contribution in [0.2, 0.25) is 5.02 Å². The van der Waals surface area contributed by atoms with E-state index in [9.17, 15) is 13.2 Å². The highest BCUT2D eigenvalue weighted by Crippen LogP contribution is 2.27. The average molecular weight is 195 g/mol. The van der Waals surface area contributed by atoms with Crippen molar-refractivity contribution >= 4 is 11.6 Å². The Bertz CT molecular complexity index is 297. The number of hydrogen-bond donors (Lipinski definition) is 0. The second-order valence-corrected chi connectivity index (χ2v) is 2.84. The summed E-state index contributed by atoms with van der Waals surface area (Å²) in [4.78, 5) is 0. The highest BCUT2D eigenvalue weighted by Gasteiger charge is 2.14. The maximum Gasteiger partial charge on any atom is 0.264 e. The number of halogens is 4. The van der Waals surface area contributed by atoms with Gasteiger partial charge in [0, 0.05) is 10.6 Å². The Morgan fingerprint density at radius 2 is 1.92 bits per heavy atom. The Morgan fingerprint density at radius 1 is 1.33 bits per heavy atom. The van der Waals surface area contributed by atoms with E-state index in [1.165, 1.54) is 6.92 Å². The highest BCUT2D eigenvalue weighted by molar-refractivity contribution is 6.30. The van der Waals surface area contributed by atoms with Crippen molar-refractivity contribution in [3.05, 3.63) is 34.1 Å². The van der Waals surface area contributed by atoms with E-state index in [4.69, 9.17) is 11.6 Å². The predicted molar refractivity (Wildman–Crippen MR) is 41.1 cm³/mol. The molecule has 0 saturated carbocycles. The molecule has 0 radical (unpaired) electrons. The largest absolute Gasteiger partial charge is 0.264 e. The molecule has 1 aromatic rings. The highest BCUT2D eigenvalue weighted by atomic mass is 35.5. The maximum atomic E-state index is 12.8. The van der Waals surface area contributed by atoms with E-state index in [0.717, 1.165) is 12.1 Å². The van der Waals surface area contributed by atoms with E-state index >= 15 is 0 Å². The third-order valence-electron chi connectivity index (χ3n) is 1.58. The minimum atomic E-state index is -2.68. The van der Waals surface area contributed by atoms with Crippen LogP contribution < -0.4 is 0 Å². The van der Waals surface area contributed by atoms with Crippen molar-refractivity contribution in [1.29, 1.82) is 0 Å². The van der Waals surface area contributed by atoms with E-state index in [2.05, 4.69) is 0 Å². The first-order chi connectivity index (χ1) is 5.52. The van der Waals surface area contributed by atoms with Crippen LogP contribution in [0.5, 0.6) is 0 Å². The molecule has 0 nitrogen and oxygen atoms in total. The van der Waals surface area contributed by atoms with E-state index in [1.54, 1.807) is 0 Å². The maximum absolute atomic E-state index is 12.8. The van der Waals surface area contributed by atoms with Crippen LogP contribution in [0.1, 0.15) is 17.6 Å². The monoisotopic (exact) mass is 194 g/mol. The Hall–Kier alpha value is -0.700. The summed E-state index contributed by atoms with van der Waals surface area (Å²) in [5.41, 5.74) is -0.394. The topological polar surface area (TPSA) is 0 Å². The van der Waals surface area contributed by atoms with Crippen LogP contribution in [0, 0.1) is 12.7 Å². The molecule has 1 aromatic carbocycles. The minimum absolute atomic E-state index is 0.00611. The fourth-order valence-corrected chi connectivity index (χ4v) is 1.11. The van der Waals surface area contributed by atoms with Gasteiger partial charge in [-0.25, -0.2) is 13.2 Å². The van der Waals surface area contributed by atoms with Gasteiger partial charge < -0.3 is 0 Å². The molecule has 12 heavy (non-hydrogen) atoms. The van der Waals surface area contributed by atoms with E-state index < -0.39 is 12.2 Å². The second-order valence-electron chi connectivity index (χ2n) is 2.40. The van der Waals surface area contributed by atoms with Gasteiger partial charge in [0.1, 0.15) is 5.82 Å². The number of benzene rings is 1. The predicted octanol–water partition coefficient (Wildman–Crippen LogP) is 3.73. The van der Waals surface area contributed by atoms with Crippen LogP contribution in [0.15, 0.2) is 12.1 Å². The zero-order valence-electron chi connectivity index (χ0n) is 6.24. The summed E-state index contributed by atoms with van der Waals surface area (Å²) < 4.78 is 37.1. The number of hydrogen-bond acceptors (Lipinski definition) is 0. The summed E-state index contributed by atoms with van der Waals surface area (Å²) in [5.74, 6) is -0.696. The van der Waals surface area contributed by atoms with Gasteiger partial charge in [-0.05, 0) is 24.6 Å². The first-order valence-electron chi connectivity index (χ1n) is 3.26. The summed E-state index contributed by atoms with van der Waals surface area (Å²) in [6.07, 6.45) is -2.68. The Balaban J connectivity index is 3.28. The minimum Gasteiger partial charge on any atom is -0.207 e. The molecular weight excluding hydrogens is 189 g/mol. The van der Waals surface area contributed by atoms with Crippen molar-refractivity contribution < 1.29 is 13.2 Å². The third-order valence-corrected chi connectivity index (χ3v) is 1.80. The lowest BCUT2D eigenvalue weighted by Gasteiger charge is -2.05. The van der Waals surface area contributed by atoms with Gasteiger partial charge in [-0.15, -0.1) is 0 Å². The zero-order chi connectivity index (χ0) is 9.30. The van der Waals surface area contributed by atoms with Gasteiger partial charge in [-0.1, -0.05) is 11.6 Å². The molecule has 66 valence electrons. The Kier molecular flexibility index (Phi) is 2.62. The normalized spacial score (nSPS) is 10.8. The molecule has 0 aromatic heterocycles. The quantitative estimate of drug-likeness (QED) is 0.639. The van der Waals surface area contributed by atoms with Gasteiger partial charge in [-0.3, -0.25) is 0 Å². The van der Waals surface area contributed by atoms with Crippen LogP contribution in [-0.4, -0.2) is 0 Å². The summed E-state index contributed by atoms with van der Waals surface area (Å²) in [5, 5.41) is -0.00611. The van der Waals surface area contributed by atoms with Crippen LogP contribution >= 0.6 is 11.6 Å². The molecule has 0 heterocycles. The van der Waals surface area contributed by atoms with Gasteiger partial charge in [-0.2, -0.15) is 0 Å². The molecule has 0 atom stereocenters. The molecule has 1 rings (SSSR count). The van der Waals surface area contributed by atoms with Gasteiger partial charge in [0.15, 0.2) is 0 Å². The van der Waals surface area contributed by atoms with Crippen molar-refractivity contribution in [2.24, 2.45) is 0 Å². The zero-order valence-corrected chi connectivity index (χ0v) is 7.00. The lowest BCUT2D eigenvalue weighted by atomic mass is 10.1. The van der Waals surface area contributed by atoms with Crippen LogP contribution in [0.3, 0.4) is 0 Å². The summed E-state index contributed by atoms with van der Waals surface area (Å²) in [6, 6.07) is 2.09. The van der Waals surface area contributed by atoms with Gasteiger partial charge in [0.2, 0.25) is 0 Å². The molecule has 0 spiro atoms. The summed E-state index contributed by atoms with van der Waals surface area (Å²) in [7, 11) is 0. The lowest BCUT2D eigenvalue weighted by molar-refractivity contribution is 0.150. The van der Waals surface area contributed by atoms with Crippen molar-refractivity contribution in [2.45, 2.75) is 13.3 Å². The molecule has 0 aliphatic rings. The van der Waals surface area contributed by atoms with Gasteiger partial charge in [0.25, 0.3) is 6.43 Å². The Labute approximate surface area is 73.0 Å². The molecular formula is C8H6ClF3. The second kappa shape index (κ2) is 3.35. The van der Waals surface area contributed by atoms with Crippen molar-refractivity contribution in [2.75, 3.05) is 0 Å². The summed E-state index contributed by atoms with van der Waals surface area (Å²) in [6.45, 7) is 1.30. The molecule has 0 bridgehead atoms. The van der Waals surface area contributed by atoms with Crippen LogP contribution in [0.4, 0.5) is 13.2 Å². The number of rotatable bonds is 1. The molecule has 0 unspecified atom stereocenters. The molecule has 0 amide bonds. The van der Waals surface area contributed by atoms with Gasteiger partial charge >= 0.3 is 0 Å². The average Bonchev–Trinajstić information content (AvgIpc) is 1.96. The molecule has 0 aliphatic heterocycles. The molecule has 0 fully saturated rings. The molecule has 0 N–H and O–H groups in total. The smallest absolute Gasteiger partial charge is 0.207 e. The van der Waals surface area contributed by atoms with E-state index in [-0.39, 0.29) is 16.1 Å². The lowest BCUT2D eigenvalue weighted by Crippen LogP contribution is -1.93. The van der Waals surface area contributed by atoms with E-state index in [0.29, 0.717) is 0 Å². The Morgan fingerprint density at radius 3 is 2.42 bits per heavy atom. The first kappa shape index (κ1) is 9.39. The van der Waals surface area contributed by atoms with Crippen LogP contribution in [0.25, 0.3) is 0 Å². The number of alkyl halides is 2. The first-order valence-corrected chi connectivity index (χ1v) is 3.64. The fraction of sp³-hybridized carbons (Fsp3) is 0.250.